The summed E-state index contributed by atoms with van der Waals surface area (Å²) < 4.78 is 0. The molecule has 0 amide bonds. The quantitative estimate of drug-likeness (QED) is 0.606. The largest absolute Gasteiger partial charge is 0.330 e. The van der Waals surface area contributed by atoms with Crippen molar-refractivity contribution in [2.45, 2.75) is 13.3 Å². The highest BCUT2D eigenvalue weighted by Crippen LogP contribution is 1.91. The first-order valence-electron chi connectivity index (χ1n) is 2.57. The predicted molar refractivity (Wildman–Crippen MR) is 40.7 cm³/mol. The Hall–Kier alpha value is -0.340. The van der Waals surface area contributed by atoms with Crippen LogP contribution in [0.15, 0.2) is 12.2 Å². The van der Waals surface area contributed by atoms with Crippen molar-refractivity contribution in [3.63, 3.8) is 0 Å². The van der Waals surface area contributed by atoms with Gasteiger partial charge in [-0.25, -0.2) is 0 Å². The van der Waals surface area contributed by atoms with Gasteiger partial charge in [0.1, 0.15) is 0 Å². The minimum absolute atomic E-state index is 0. The lowest BCUT2D eigenvalue weighted by atomic mass is 10.2. The van der Waals surface area contributed by atoms with Crippen LogP contribution in [0.25, 0.3) is 0 Å². The smallest absolute Gasteiger partial charge is 0.159 e. The van der Waals surface area contributed by atoms with Crippen LogP contribution in [0.2, 0.25) is 0 Å². The van der Waals surface area contributed by atoms with E-state index in [1.807, 2.05) is 0 Å². The van der Waals surface area contributed by atoms with Gasteiger partial charge in [-0.3, -0.25) is 4.79 Å². The van der Waals surface area contributed by atoms with E-state index in [0.29, 0.717) is 18.5 Å². The molecule has 0 radical (unpaired) electrons. The third-order valence-corrected chi connectivity index (χ3v) is 0.847. The molecule has 0 saturated heterocycles. The highest BCUT2D eigenvalue weighted by atomic mass is 35.5. The molecule has 0 rings (SSSR count). The van der Waals surface area contributed by atoms with Gasteiger partial charge in [-0.2, -0.15) is 0 Å². The highest BCUT2D eigenvalue weighted by Gasteiger charge is 1.97. The second-order valence-electron chi connectivity index (χ2n) is 1.74. The first-order chi connectivity index (χ1) is 3.68. The molecular formula is C6H12ClNO. The van der Waals surface area contributed by atoms with E-state index in [0.717, 1.165) is 0 Å². The summed E-state index contributed by atoms with van der Waals surface area (Å²) in [7, 11) is 0. The number of Topliss-reactive ketones (excluding diaryl/α,β-unsaturated/α-hetero) is 1. The normalized spacial score (nSPS) is 7.78. The molecule has 2 N–H and O–H groups in total. The second kappa shape index (κ2) is 5.79. The van der Waals surface area contributed by atoms with Gasteiger partial charge in [0, 0.05) is 6.42 Å². The van der Waals surface area contributed by atoms with Gasteiger partial charge in [-0.1, -0.05) is 6.58 Å². The van der Waals surface area contributed by atoms with Crippen LogP contribution in [-0.2, 0) is 4.79 Å². The monoisotopic (exact) mass is 149 g/mol. The van der Waals surface area contributed by atoms with Gasteiger partial charge in [0.15, 0.2) is 5.78 Å². The molecule has 0 aromatic heterocycles. The van der Waals surface area contributed by atoms with Gasteiger partial charge in [0.05, 0.1) is 0 Å². The van der Waals surface area contributed by atoms with Gasteiger partial charge < -0.3 is 5.73 Å². The zero-order valence-electron chi connectivity index (χ0n) is 5.52. The molecule has 0 aromatic rings. The summed E-state index contributed by atoms with van der Waals surface area (Å²) in [6.07, 6.45) is 0.426. The van der Waals surface area contributed by atoms with E-state index in [1.165, 1.54) is 0 Å². The summed E-state index contributed by atoms with van der Waals surface area (Å²) in [6.45, 7) is 5.58. The Bertz CT molecular complexity index is 112. The van der Waals surface area contributed by atoms with Crippen LogP contribution in [0.4, 0.5) is 0 Å². The van der Waals surface area contributed by atoms with Crippen LogP contribution >= 0.6 is 12.4 Å². The molecule has 3 heteroatoms. The summed E-state index contributed by atoms with van der Waals surface area (Å²) in [6, 6.07) is 0. The Morgan fingerprint density at radius 3 is 2.22 bits per heavy atom. The first-order valence-corrected chi connectivity index (χ1v) is 2.57. The van der Waals surface area contributed by atoms with Crippen molar-refractivity contribution in [3.8, 4) is 0 Å². The number of hydrogen-bond donors (Lipinski definition) is 1. The van der Waals surface area contributed by atoms with Crippen molar-refractivity contribution < 1.29 is 4.79 Å². The number of hydrogen-bond acceptors (Lipinski definition) is 2. The van der Waals surface area contributed by atoms with Crippen LogP contribution in [0.3, 0.4) is 0 Å². The molecule has 0 heterocycles. The third-order valence-electron chi connectivity index (χ3n) is 0.847. The van der Waals surface area contributed by atoms with E-state index in [2.05, 4.69) is 6.58 Å². The zero-order valence-corrected chi connectivity index (χ0v) is 6.33. The second-order valence-corrected chi connectivity index (χ2v) is 1.74. The number of carbonyl (C=O) groups excluding carboxylic acids is 1. The van der Waals surface area contributed by atoms with Crippen LogP contribution < -0.4 is 5.73 Å². The van der Waals surface area contributed by atoms with Crippen LogP contribution in [0.1, 0.15) is 13.3 Å². The Morgan fingerprint density at radius 2 is 2.11 bits per heavy atom. The van der Waals surface area contributed by atoms with E-state index in [9.17, 15) is 4.79 Å². The maximum atomic E-state index is 10.6. The zero-order chi connectivity index (χ0) is 6.57. The lowest BCUT2D eigenvalue weighted by molar-refractivity contribution is -0.115. The van der Waals surface area contributed by atoms with Gasteiger partial charge in [0.25, 0.3) is 0 Å². The topological polar surface area (TPSA) is 43.1 Å². The summed E-state index contributed by atoms with van der Waals surface area (Å²) >= 11 is 0. The lowest BCUT2D eigenvalue weighted by Gasteiger charge is -1.92. The van der Waals surface area contributed by atoms with Gasteiger partial charge in [0.2, 0.25) is 0 Å². The third kappa shape index (κ3) is 5.53. The van der Waals surface area contributed by atoms with Crippen molar-refractivity contribution in [1.29, 1.82) is 0 Å². The SMILES string of the molecule is C=C(C)C(=O)CCN.Cl. The fraction of sp³-hybridized carbons (Fsp3) is 0.500. The number of ketones is 1. The van der Waals surface area contributed by atoms with E-state index in [1.54, 1.807) is 6.92 Å². The van der Waals surface area contributed by atoms with Gasteiger partial charge >= 0.3 is 0 Å². The number of nitrogens with two attached hydrogens (primary N) is 1. The predicted octanol–water partition coefficient (Wildman–Crippen LogP) is 0.902. The van der Waals surface area contributed by atoms with Crippen LogP contribution in [0, 0.1) is 0 Å². The minimum Gasteiger partial charge on any atom is -0.330 e. The number of allylic oxidation sites excluding steroid dienone is 1. The Morgan fingerprint density at radius 1 is 1.67 bits per heavy atom. The molecule has 9 heavy (non-hydrogen) atoms. The standard InChI is InChI=1S/C6H11NO.ClH/c1-5(2)6(8)3-4-7;/h1,3-4,7H2,2H3;1H. The molecule has 54 valence electrons. The number of halogens is 1. The maximum absolute atomic E-state index is 10.6. The molecule has 0 spiro atoms. The summed E-state index contributed by atoms with van der Waals surface area (Å²) in [5.41, 5.74) is 5.70. The fourth-order valence-electron chi connectivity index (χ4n) is 0.344. The van der Waals surface area contributed by atoms with Crippen molar-refractivity contribution in [1.82, 2.24) is 0 Å². The van der Waals surface area contributed by atoms with Gasteiger partial charge in [-0.05, 0) is 19.0 Å². The van der Waals surface area contributed by atoms with Crippen LogP contribution in [0.5, 0.6) is 0 Å². The molecule has 0 aromatic carbocycles. The van der Waals surface area contributed by atoms with Crippen molar-refractivity contribution in [2.24, 2.45) is 5.73 Å². The Labute approximate surface area is 61.5 Å². The van der Waals surface area contributed by atoms with Crippen molar-refractivity contribution in [2.75, 3.05) is 6.54 Å². The van der Waals surface area contributed by atoms with E-state index in [-0.39, 0.29) is 18.2 Å². The van der Waals surface area contributed by atoms with Gasteiger partial charge in [-0.15, -0.1) is 12.4 Å². The first kappa shape index (κ1) is 11.5. The van der Waals surface area contributed by atoms with Crippen LogP contribution in [-0.4, -0.2) is 12.3 Å². The summed E-state index contributed by atoms with van der Waals surface area (Å²) in [4.78, 5) is 10.6. The van der Waals surface area contributed by atoms with Crippen molar-refractivity contribution in [3.05, 3.63) is 12.2 Å². The average molecular weight is 150 g/mol. The maximum Gasteiger partial charge on any atom is 0.159 e. The summed E-state index contributed by atoms with van der Waals surface area (Å²) in [5, 5.41) is 0. The molecule has 0 aliphatic carbocycles. The minimum atomic E-state index is 0. The number of rotatable bonds is 3. The molecule has 0 saturated carbocycles. The number of carbonyl (C=O) groups is 1. The Kier molecular flexibility index (Phi) is 7.37. The molecule has 0 aliphatic rings. The molecule has 2 nitrogen and oxygen atoms in total. The van der Waals surface area contributed by atoms with Crippen molar-refractivity contribution >= 4 is 18.2 Å². The average Bonchev–Trinajstić information content (AvgIpc) is 1.67. The lowest BCUT2D eigenvalue weighted by Crippen LogP contribution is -2.07. The Balaban J connectivity index is 0. The molecule has 0 unspecified atom stereocenters. The molecule has 0 bridgehead atoms. The fourth-order valence-corrected chi connectivity index (χ4v) is 0.344. The van der Waals surface area contributed by atoms with E-state index < -0.39 is 0 Å². The summed E-state index contributed by atoms with van der Waals surface area (Å²) in [5.74, 6) is 0.0625. The molecular weight excluding hydrogens is 138 g/mol. The van der Waals surface area contributed by atoms with E-state index >= 15 is 0 Å². The molecule has 0 atom stereocenters. The highest BCUT2D eigenvalue weighted by molar-refractivity contribution is 5.94. The molecule has 0 fully saturated rings. The molecule has 0 aliphatic heterocycles. The van der Waals surface area contributed by atoms with E-state index in [4.69, 9.17) is 5.73 Å².